The van der Waals surface area contributed by atoms with Crippen LogP contribution in [0.2, 0.25) is 0 Å². The van der Waals surface area contributed by atoms with Crippen molar-refractivity contribution in [3.05, 3.63) is 0 Å². The highest BCUT2D eigenvalue weighted by atomic mass is 31.2. The Hall–Kier alpha value is -0.0100. The van der Waals surface area contributed by atoms with Gasteiger partial charge in [0, 0.05) is 26.2 Å². The van der Waals surface area contributed by atoms with Gasteiger partial charge in [0.05, 0.1) is 0 Å². The van der Waals surface area contributed by atoms with Crippen LogP contribution in [0, 0.1) is 0 Å². The molecule has 0 amide bonds. The number of phosphoric acid groups is 1. The maximum atomic E-state index is 10.3. The molecule has 0 radical (unpaired) electrons. The molecule has 0 unspecified atom stereocenters. The lowest BCUT2D eigenvalue weighted by Crippen LogP contribution is -2.42. The Labute approximate surface area is 69.8 Å². The number of rotatable bonds is 2. The average Bonchev–Trinajstić information content (AvgIpc) is 1.85. The summed E-state index contributed by atoms with van der Waals surface area (Å²) < 4.78 is 14.6. The van der Waals surface area contributed by atoms with Crippen LogP contribution in [0.25, 0.3) is 0 Å². The van der Waals surface area contributed by atoms with Crippen LogP contribution in [-0.4, -0.2) is 46.5 Å². The lowest BCUT2D eigenvalue weighted by Gasteiger charge is -2.25. The van der Waals surface area contributed by atoms with Crippen molar-refractivity contribution in [1.82, 2.24) is 10.4 Å². The zero-order chi connectivity index (χ0) is 8.32. The summed E-state index contributed by atoms with van der Waals surface area (Å²) >= 11 is 0. The molecule has 5 N–H and O–H groups in total. The summed E-state index contributed by atoms with van der Waals surface area (Å²) in [5.41, 5.74) is 0. The van der Waals surface area contributed by atoms with Crippen LogP contribution in [0.5, 0.6) is 0 Å². The van der Waals surface area contributed by atoms with Gasteiger partial charge in [-0.2, -0.15) is 9.69 Å². The van der Waals surface area contributed by atoms with Crippen LogP contribution < -0.4 is 5.32 Å². The van der Waals surface area contributed by atoms with Crippen LogP contribution >= 0.6 is 7.82 Å². The zero-order valence-corrected chi connectivity index (χ0v) is 7.33. The number of piperazine rings is 1. The van der Waals surface area contributed by atoms with E-state index in [9.17, 15) is 4.57 Å². The molecule has 0 bridgehead atoms. The summed E-state index contributed by atoms with van der Waals surface area (Å²) in [6.07, 6.45) is 0. The quantitative estimate of drug-likeness (QED) is 0.448. The smallest absolute Gasteiger partial charge is 0.412 e. The molecule has 1 aliphatic rings. The third-order valence-corrected chi connectivity index (χ3v) is 1.74. The van der Waals surface area contributed by atoms with Gasteiger partial charge < -0.3 is 20.6 Å². The molecule has 0 aliphatic carbocycles. The van der Waals surface area contributed by atoms with Crippen LogP contribution in [-0.2, 0) is 9.19 Å². The van der Waals surface area contributed by atoms with Crippen LogP contribution in [0.4, 0.5) is 0 Å². The van der Waals surface area contributed by atoms with Crippen molar-refractivity contribution in [3.8, 4) is 0 Å². The van der Waals surface area contributed by atoms with E-state index >= 15 is 0 Å². The van der Waals surface area contributed by atoms with Gasteiger partial charge in [0.2, 0.25) is 0 Å². The van der Waals surface area contributed by atoms with Crippen molar-refractivity contribution in [2.75, 3.05) is 26.2 Å². The fraction of sp³-hybridized carbons (Fsp3) is 1.00. The number of nitrogens with zero attached hydrogens (tertiary/aromatic N) is 1. The first kappa shape index (κ1) is 12.0. The molecule has 1 saturated heterocycles. The van der Waals surface area contributed by atoms with Gasteiger partial charge in [-0.3, -0.25) is 0 Å². The summed E-state index contributed by atoms with van der Waals surface area (Å²) in [6, 6.07) is 0. The second-order valence-corrected chi connectivity index (χ2v) is 3.40. The SMILES string of the molecule is O.O=P(O)(O)ON1CCNCC1. The summed E-state index contributed by atoms with van der Waals surface area (Å²) in [4.78, 5) is 16.8. The molecule has 1 heterocycles. The van der Waals surface area contributed by atoms with E-state index in [0.717, 1.165) is 0 Å². The molecular weight excluding hydrogens is 187 g/mol. The topological polar surface area (TPSA) is 114 Å². The van der Waals surface area contributed by atoms with Crippen molar-refractivity contribution in [2.45, 2.75) is 0 Å². The molecule has 0 aromatic rings. The molecule has 7 nitrogen and oxygen atoms in total. The van der Waals surface area contributed by atoms with Gasteiger partial charge in [0.15, 0.2) is 0 Å². The molecule has 0 saturated carbocycles. The maximum absolute atomic E-state index is 10.3. The van der Waals surface area contributed by atoms with E-state index in [1.807, 2.05) is 0 Å². The lowest BCUT2D eigenvalue weighted by molar-refractivity contribution is -0.0877. The highest BCUT2D eigenvalue weighted by molar-refractivity contribution is 7.46. The van der Waals surface area contributed by atoms with Crippen molar-refractivity contribution in [2.24, 2.45) is 0 Å². The Balaban J connectivity index is 0.00000121. The standard InChI is InChI=1S/C4H11N2O4P.H2O/c7-11(8,9)10-6-3-1-5-2-4-6;/h5H,1-4H2,(H2,7,8,9);1H2. The summed E-state index contributed by atoms with van der Waals surface area (Å²) in [5, 5.41) is 4.30. The third kappa shape index (κ3) is 4.78. The molecule has 8 heteroatoms. The van der Waals surface area contributed by atoms with E-state index in [1.54, 1.807) is 0 Å². The first-order valence-electron chi connectivity index (χ1n) is 3.29. The van der Waals surface area contributed by atoms with Crippen molar-refractivity contribution in [3.63, 3.8) is 0 Å². The Morgan fingerprint density at radius 2 is 1.83 bits per heavy atom. The summed E-state index contributed by atoms with van der Waals surface area (Å²) in [7, 11) is -4.34. The molecule has 1 rings (SSSR count). The van der Waals surface area contributed by atoms with Crippen LogP contribution in [0.1, 0.15) is 0 Å². The highest BCUT2D eigenvalue weighted by Gasteiger charge is 2.21. The first-order chi connectivity index (χ1) is 5.08. The van der Waals surface area contributed by atoms with Gasteiger partial charge >= 0.3 is 7.82 Å². The molecule has 0 atom stereocenters. The van der Waals surface area contributed by atoms with E-state index in [2.05, 4.69) is 9.94 Å². The normalized spacial score (nSPS) is 20.2. The fourth-order valence-electron chi connectivity index (χ4n) is 0.876. The Morgan fingerprint density at radius 1 is 1.33 bits per heavy atom. The maximum Gasteiger partial charge on any atom is 0.486 e. The molecule has 1 aliphatic heterocycles. The molecule has 12 heavy (non-hydrogen) atoms. The Morgan fingerprint density at radius 3 is 2.25 bits per heavy atom. The monoisotopic (exact) mass is 200 g/mol. The largest absolute Gasteiger partial charge is 0.486 e. The zero-order valence-electron chi connectivity index (χ0n) is 6.43. The van der Waals surface area contributed by atoms with Gasteiger partial charge in [-0.05, 0) is 0 Å². The number of hydrogen-bond donors (Lipinski definition) is 3. The summed E-state index contributed by atoms with van der Waals surface area (Å²) in [6.45, 7) is 2.40. The number of hydrogen-bond acceptors (Lipinski definition) is 4. The highest BCUT2D eigenvalue weighted by Crippen LogP contribution is 2.36. The van der Waals surface area contributed by atoms with Gasteiger partial charge in [0.25, 0.3) is 0 Å². The fourth-order valence-corrected chi connectivity index (χ4v) is 1.34. The molecule has 74 valence electrons. The van der Waals surface area contributed by atoms with Crippen molar-refractivity contribution < 1.29 is 24.5 Å². The third-order valence-electron chi connectivity index (χ3n) is 1.30. The minimum Gasteiger partial charge on any atom is -0.412 e. The van der Waals surface area contributed by atoms with E-state index in [0.29, 0.717) is 26.2 Å². The predicted octanol–water partition coefficient (Wildman–Crippen LogP) is -1.91. The van der Waals surface area contributed by atoms with Crippen LogP contribution in [0.15, 0.2) is 0 Å². The number of nitrogens with one attached hydrogen (secondary N) is 1. The van der Waals surface area contributed by atoms with Gasteiger partial charge in [-0.1, -0.05) is 0 Å². The van der Waals surface area contributed by atoms with Gasteiger partial charge in [-0.15, -0.1) is 0 Å². The van der Waals surface area contributed by atoms with Crippen LogP contribution in [0.3, 0.4) is 0 Å². The van der Waals surface area contributed by atoms with Gasteiger partial charge in [-0.25, -0.2) is 4.57 Å². The van der Waals surface area contributed by atoms with E-state index < -0.39 is 7.82 Å². The average molecular weight is 200 g/mol. The molecule has 0 aromatic heterocycles. The minimum atomic E-state index is -4.34. The molecular formula is C4H13N2O5P. The molecule has 0 spiro atoms. The lowest BCUT2D eigenvalue weighted by atomic mass is 10.4. The predicted molar refractivity (Wildman–Crippen MR) is 41.2 cm³/mol. The van der Waals surface area contributed by atoms with E-state index in [-0.39, 0.29) is 5.48 Å². The Bertz CT molecular complexity index is 165. The molecule has 0 aromatic carbocycles. The second kappa shape index (κ2) is 4.88. The van der Waals surface area contributed by atoms with Crippen molar-refractivity contribution >= 4 is 7.82 Å². The van der Waals surface area contributed by atoms with Gasteiger partial charge in [0.1, 0.15) is 0 Å². The summed E-state index contributed by atoms with van der Waals surface area (Å²) in [5.74, 6) is 0. The minimum absolute atomic E-state index is 0. The van der Waals surface area contributed by atoms with Crippen molar-refractivity contribution in [1.29, 1.82) is 0 Å². The Kier molecular flexibility index (Phi) is 4.88. The van der Waals surface area contributed by atoms with E-state index in [1.165, 1.54) is 5.06 Å². The molecule has 1 fully saturated rings. The first-order valence-corrected chi connectivity index (χ1v) is 4.82. The number of hydroxylamine groups is 2. The second-order valence-electron chi connectivity index (χ2n) is 2.25. The van der Waals surface area contributed by atoms with E-state index in [4.69, 9.17) is 9.79 Å².